The monoisotopic (exact) mass is 207 g/mol. The van der Waals surface area contributed by atoms with Gasteiger partial charge in [-0.15, -0.1) is 0 Å². The molecule has 0 aliphatic rings. The summed E-state index contributed by atoms with van der Waals surface area (Å²) in [5.41, 5.74) is 1.33. The lowest BCUT2D eigenvalue weighted by Crippen LogP contribution is -2.18. The lowest BCUT2D eigenvalue weighted by molar-refractivity contribution is 0.551. The quantitative estimate of drug-likeness (QED) is 0.807. The van der Waals surface area contributed by atoms with Gasteiger partial charge in [0.25, 0.3) is 0 Å². The molecule has 0 bridgehead atoms. The van der Waals surface area contributed by atoms with E-state index in [2.05, 4.69) is 39.0 Å². The fraction of sp³-hybridized carbons (Fsp3) is 0.300. The van der Waals surface area contributed by atoms with E-state index in [0.717, 1.165) is 12.4 Å². The molecular weight excluding hydrogens is 194 g/mol. The second kappa shape index (κ2) is 4.39. The standard InChI is InChI=1S/C10H13N3S/c1-8(10-11-3-4-12-10)13-6-9-2-5-14-7-9/h2-5,7-8,13H,6H2,1H3,(H,11,12). The summed E-state index contributed by atoms with van der Waals surface area (Å²) in [4.78, 5) is 7.30. The Morgan fingerprint density at radius 3 is 3.21 bits per heavy atom. The van der Waals surface area contributed by atoms with Gasteiger partial charge in [0.1, 0.15) is 5.82 Å². The highest BCUT2D eigenvalue weighted by molar-refractivity contribution is 7.07. The van der Waals surface area contributed by atoms with Crippen LogP contribution >= 0.6 is 11.3 Å². The van der Waals surface area contributed by atoms with Crippen molar-refractivity contribution in [3.05, 3.63) is 40.6 Å². The molecule has 3 nitrogen and oxygen atoms in total. The molecular formula is C10H13N3S. The minimum absolute atomic E-state index is 0.268. The summed E-state index contributed by atoms with van der Waals surface area (Å²) >= 11 is 1.73. The van der Waals surface area contributed by atoms with E-state index in [9.17, 15) is 0 Å². The highest BCUT2D eigenvalue weighted by atomic mass is 32.1. The second-order valence-corrected chi connectivity index (χ2v) is 3.99. The third-order valence-corrected chi connectivity index (χ3v) is 2.85. The Balaban J connectivity index is 1.87. The number of imidazole rings is 1. The SMILES string of the molecule is CC(NCc1ccsc1)c1ncc[nH]1. The van der Waals surface area contributed by atoms with Crippen molar-refractivity contribution in [2.45, 2.75) is 19.5 Å². The van der Waals surface area contributed by atoms with Crippen LogP contribution in [0.1, 0.15) is 24.4 Å². The molecule has 74 valence electrons. The molecule has 14 heavy (non-hydrogen) atoms. The first-order chi connectivity index (χ1) is 6.86. The summed E-state index contributed by atoms with van der Waals surface area (Å²) in [5.74, 6) is 0.986. The van der Waals surface area contributed by atoms with Crippen molar-refractivity contribution in [2.24, 2.45) is 0 Å². The molecule has 0 spiro atoms. The Kier molecular flexibility index (Phi) is 2.96. The van der Waals surface area contributed by atoms with Gasteiger partial charge in [0.15, 0.2) is 0 Å². The Morgan fingerprint density at radius 2 is 2.57 bits per heavy atom. The van der Waals surface area contributed by atoms with Crippen LogP contribution in [0.3, 0.4) is 0 Å². The molecule has 1 unspecified atom stereocenters. The average Bonchev–Trinajstić information content (AvgIpc) is 2.87. The van der Waals surface area contributed by atoms with Crippen molar-refractivity contribution in [1.29, 1.82) is 0 Å². The molecule has 4 heteroatoms. The predicted octanol–water partition coefficient (Wildman–Crippen LogP) is 2.32. The first-order valence-corrected chi connectivity index (χ1v) is 5.54. The van der Waals surface area contributed by atoms with Gasteiger partial charge in [-0.3, -0.25) is 0 Å². The van der Waals surface area contributed by atoms with Crippen molar-refractivity contribution in [2.75, 3.05) is 0 Å². The van der Waals surface area contributed by atoms with Crippen molar-refractivity contribution in [3.8, 4) is 0 Å². The first-order valence-electron chi connectivity index (χ1n) is 4.60. The lowest BCUT2D eigenvalue weighted by Gasteiger charge is -2.09. The Morgan fingerprint density at radius 1 is 1.64 bits per heavy atom. The molecule has 1 atom stereocenters. The van der Waals surface area contributed by atoms with Crippen LogP contribution in [-0.2, 0) is 6.54 Å². The molecule has 0 aliphatic carbocycles. The Hall–Kier alpha value is -1.13. The minimum Gasteiger partial charge on any atom is -0.347 e. The predicted molar refractivity (Wildman–Crippen MR) is 58.2 cm³/mol. The second-order valence-electron chi connectivity index (χ2n) is 3.21. The number of hydrogen-bond donors (Lipinski definition) is 2. The van der Waals surface area contributed by atoms with Gasteiger partial charge in [-0.25, -0.2) is 4.98 Å². The number of H-pyrrole nitrogens is 1. The van der Waals surface area contributed by atoms with Gasteiger partial charge in [-0.2, -0.15) is 11.3 Å². The number of aromatic amines is 1. The van der Waals surface area contributed by atoms with Crippen molar-refractivity contribution in [1.82, 2.24) is 15.3 Å². The fourth-order valence-corrected chi connectivity index (χ4v) is 1.94. The number of thiophene rings is 1. The largest absolute Gasteiger partial charge is 0.347 e. The van der Waals surface area contributed by atoms with Crippen molar-refractivity contribution in [3.63, 3.8) is 0 Å². The van der Waals surface area contributed by atoms with Crippen LogP contribution < -0.4 is 5.32 Å². The zero-order valence-corrected chi connectivity index (χ0v) is 8.84. The van der Waals surface area contributed by atoms with E-state index in [1.807, 2.05) is 6.20 Å². The maximum Gasteiger partial charge on any atom is 0.122 e. The van der Waals surface area contributed by atoms with E-state index in [-0.39, 0.29) is 6.04 Å². The fourth-order valence-electron chi connectivity index (χ4n) is 1.28. The third kappa shape index (κ3) is 2.21. The van der Waals surface area contributed by atoms with Crippen LogP contribution in [0.25, 0.3) is 0 Å². The first kappa shape index (κ1) is 9.43. The maximum absolute atomic E-state index is 4.20. The zero-order chi connectivity index (χ0) is 9.80. The molecule has 2 heterocycles. The number of rotatable bonds is 4. The van der Waals surface area contributed by atoms with Gasteiger partial charge >= 0.3 is 0 Å². The number of nitrogens with zero attached hydrogens (tertiary/aromatic N) is 1. The molecule has 0 saturated carbocycles. The summed E-state index contributed by atoms with van der Waals surface area (Å²) in [7, 11) is 0. The molecule has 0 amide bonds. The van der Waals surface area contributed by atoms with E-state index in [1.165, 1.54) is 5.56 Å². The van der Waals surface area contributed by atoms with E-state index >= 15 is 0 Å². The number of nitrogens with one attached hydrogen (secondary N) is 2. The van der Waals surface area contributed by atoms with Crippen LogP contribution in [0.2, 0.25) is 0 Å². The highest BCUT2D eigenvalue weighted by Gasteiger charge is 2.06. The minimum atomic E-state index is 0.268. The van der Waals surface area contributed by atoms with Gasteiger partial charge in [0, 0.05) is 18.9 Å². The molecule has 2 rings (SSSR count). The molecule has 0 aliphatic heterocycles. The lowest BCUT2D eigenvalue weighted by atomic mass is 10.3. The molecule has 2 aromatic heterocycles. The summed E-state index contributed by atoms with van der Waals surface area (Å²) in [5, 5.41) is 7.65. The van der Waals surface area contributed by atoms with Crippen LogP contribution in [0.5, 0.6) is 0 Å². The Labute approximate surface area is 87.2 Å². The summed E-state index contributed by atoms with van der Waals surface area (Å²) in [6.45, 7) is 3.00. The average molecular weight is 207 g/mol. The Bertz CT molecular complexity index is 353. The molecule has 0 aromatic carbocycles. The number of hydrogen-bond acceptors (Lipinski definition) is 3. The van der Waals surface area contributed by atoms with Crippen LogP contribution in [0, 0.1) is 0 Å². The van der Waals surface area contributed by atoms with E-state index < -0.39 is 0 Å². The molecule has 2 N–H and O–H groups in total. The van der Waals surface area contributed by atoms with Gasteiger partial charge in [-0.05, 0) is 29.3 Å². The topological polar surface area (TPSA) is 40.7 Å². The smallest absolute Gasteiger partial charge is 0.122 e. The third-order valence-electron chi connectivity index (χ3n) is 2.12. The summed E-state index contributed by atoms with van der Waals surface area (Å²) in [6.07, 6.45) is 3.62. The van der Waals surface area contributed by atoms with E-state index in [1.54, 1.807) is 17.5 Å². The normalized spacial score (nSPS) is 12.9. The van der Waals surface area contributed by atoms with Gasteiger partial charge in [0.2, 0.25) is 0 Å². The van der Waals surface area contributed by atoms with E-state index in [4.69, 9.17) is 0 Å². The molecule has 0 saturated heterocycles. The summed E-state index contributed by atoms with van der Waals surface area (Å²) in [6, 6.07) is 2.40. The van der Waals surface area contributed by atoms with E-state index in [0.29, 0.717) is 0 Å². The van der Waals surface area contributed by atoms with Gasteiger partial charge < -0.3 is 10.3 Å². The van der Waals surface area contributed by atoms with Gasteiger partial charge in [-0.1, -0.05) is 0 Å². The van der Waals surface area contributed by atoms with Crippen molar-refractivity contribution >= 4 is 11.3 Å². The molecule has 0 radical (unpaired) electrons. The molecule has 0 fully saturated rings. The maximum atomic E-state index is 4.20. The summed E-state index contributed by atoms with van der Waals surface area (Å²) < 4.78 is 0. The van der Waals surface area contributed by atoms with Crippen molar-refractivity contribution < 1.29 is 0 Å². The van der Waals surface area contributed by atoms with Crippen LogP contribution in [-0.4, -0.2) is 9.97 Å². The highest BCUT2D eigenvalue weighted by Crippen LogP contribution is 2.09. The van der Waals surface area contributed by atoms with Crippen LogP contribution in [0.4, 0.5) is 0 Å². The molecule has 2 aromatic rings. The van der Waals surface area contributed by atoms with Gasteiger partial charge in [0.05, 0.1) is 6.04 Å². The van der Waals surface area contributed by atoms with Crippen LogP contribution in [0.15, 0.2) is 29.2 Å². The zero-order valence-electron chi connectivity index (χ0n) is 8.03. The number of aromatic nitrogens is 2.